The van der Waals surface area contributed by atoms with Gasteiger partial charge < -0.3 is 4.98 Å². The van der Waals surface area contributed by atoms with Crippen molar-refractivity contribution in [1.29, 1.82) is 0 Å². The number of hydrogen-bond donors (Lipinski definition) is 2. The Hall–Kier alpha value is -3.85. The van der Waals surface area contributed by atoms with Gasteiger partial charge in [0, 0.05) is 35.1 Å². The van der Waals surface area contributed by atoms with Gasteiger partial charge in [-0.2, -0.15) is 0 Å². The van der Waals surface area contributed by atoms with Gasteiger partial charge in [0.2, 0.25) is 5.13 Å². The van der Waals surface area contributed by atoms with Gasteiger partial charge in [0.15, 0.2) is 0 Å². The third-order valence-electron chi connectivity index (χ3n) is 6.63. The molecule has 0 atom stereocenters. The third kappa shape index (κ3) is 3.49. The molecule has 3 amide bonds. The van der Waals surface area contributed by atoms with Crippen LogP contribution in [0, 0.1) is 0 Å². The van der Waals surface area contributed by atoms with Crippen molar-refractivity contribution < 1.29 is 14.4 Å². The minimum Gasteiger partial charge on any atom is -0.361 e. The molecule has 1 aliphatic carbocycles. The third-order valence-corrected chi connectivity index (χ3v) is 7.63. The molecule has 34 heavy (non-hydrogen) atoms. The number of hydrogen-bond acceptors (Lipinski definition) is 6. The van der Waals surface area contributed by atoms with Crippen molar-refractivity contribution in [2.24, 2.45) is 0 Å². The van der Waals surface area contributed by atoms with Crippen LogP contribution < -0.4 is 5.32 Å². The number of nitrogens with one attached hydrogen (secondary N) is 2. The summed E-state index contributed by atoms with van der Waals surface area (Å²) in [5, 5.41) is 13.5. The molecule has 2 aromatic heterocycles. The summed E-state index contributed by atoms with van der Waals surface area (Å²) in [7, 11) is 0. The highest BCUT2D eigenvalue weighted by molar-refractivity contribution is 7.15. The molecule has 0 bridgehead atoms. The quantitative estimate of drug-likeness (QED) is 0.406. The molecule has 1 aliphatic heterocycles. The highest BCUT2D eigenvalue weighted by atomic mass is 32.1. The maximum Gasteiger partial charge on any atom is 0.261 e. The van der Waals surface area contributed by atoms with Crippen LogP contribution in [0.15, 0.2) is 48.7 Å². The standard InChI is InChI=1S/C25H21N5O3S/c31-21(27-25-29-28-22(34-25)14-4-3-5-14)15-8-9-18-19(12-15)24(33)30(23(18)32)11-10-16-13-26-20-7-2-1-6-17(16)20/h1-2,6-9,12-14,26H,3-5,10-11H2,(H,27,29,31). The highest BCUT2D eigenvalue weighted by Crippen LogP contribution is 2.38. The molecule has 2 aromatic carbocycles. The number of para-hydroxylation sites is 1. The molecule has 8 nitrogen and oxygen atoms in total. The van der Waals surface area contributed by atoms with E-state index in [0.717, 1.165) is 34.3 Å². The fourth-order valence-electron chi connectivity index (χ4n) is 4.48. The van der Waals surface area contributed by atoms with Crippen LogP contribution in [0.4, 0.5) is 5.13 Å². The summed E-state index contributed by atoms with van der Waals surface area (Å²) in [6, 6.07) is 12.5. The number of anilines is 1. The average molecular weight is 472 g/mol. The van der Waals surface area contributed by atoms with E-state index in [-0.39, 0.29) is 29.8 Å². The lowest BCUT2D eigenvalue weighted by Gasteiger charge is -2.21. The smallest absolute Gasteiger partial charge is 0.261 e. The summed E-state index contributed by atoms with van der Waals surface area (Å²) in [6.07, 6.45) is 5.88. The van der Waals surface area contributed by atoms with E-state index >= 15 is 0 Å². The summed E-state index contributed by atoms with van der Waals surface area (Å²) >= 11 is 1.39. The van der Waals surface area contributed by atoms with Gasteiger partial charge in [0.1, 0.15) is 5.01 Å². The Morgan fingerprint density at radius 1 is 1.09 bits per heavy atom. The molecule has 4 aromatic rings. The Bertz CT molecular complexity index is 1450. The van der Waals surface area contributed by atoms with Crippen LogP contribution in [0.2, 0.25) is 0 Å². The number of nitrogens with zero attached hydrogens (tertiary/aromatic N) is 3. The number of rotatable bonds is 6. The maximum atomic E-state index is 13.0. The zero-order valence-corrected chi connectivity index (χ0v) is 19.0. The van der Waals surface area contributed by atoms with E-state index in [1.807, 2.05) is 30.5 Å². The maximum absolute atomic E-state index is 13.0. The molecule has 1 fully saturated rings. The predicted octanol–water partition coefficient (Wildman–Crippen LogP) is 4.38. The first-order chi connectivity index (χ1) is 16.6. The van der Waals surface area contributed by atoms with Gasteiger partial charge in [0.05, 0.1) is 11.1 Å². The lowest BCUT2D eigenvalue weighted by molar-refractivity contribution is 0.0656. The largest absolute Gasteiger partial charge is 0.361 e. The average Bonchev–Trinajstić information content (AvgIpc) is 3.49. The SMILES string of the molecule is O=C(Nc1nnc(C2CCC2)s1)c1ccc2c(c1)C(=O)N(CCc1c[nH]c3ccccc13)C2=O. The molecule has 2 aliphatic rings. The normalized spacial score (nSPS) is 15.6. The Labute approximate surface area is 199 Å². The fourth-order valence-corrected chi connectivity index (χ4v) is 5.39. The molecule has 0 saturated heterocycles. The number of benzene rings is 2. The van der Waals surface area contributed by atoms with E-state index < -0.39 is 0 Å². The van der Waals surface area contributed by atoms with Crippen LogP contribution in [0.1, 0.15) is 66.8 Å². The van der Waals surface area contributed by atoms with Crippen LogP contribution >= 0.6 is 11.3 Å². The van der Waals surface area contributed by atoms with Crippen molar-refractivity contribution in [2.75, 3.05) is 11.9 Å². The predicted molar refractivity (Wildman–Crippen MR) is 128 cm³/mol. The van der Waals surface area contributed by atoms with Gasteiger partial charge >= 0.3 is 0 Å². The lowest BCUT2D eigenvalue weighted by atomic mass is 9.86. The molecule has 170 valence electrons. The van der Waals surface area contributed by atoms with Crippen molar-refractivity contribution in [3.8, 4) is 0 Å². The van der Waals surface area contributed by atoms with Crippen molar-refractivity contribution in [3.05, 3.63) is 75.9 Å². The Kier molecular flexibility index (Phi) is 4.99. The van der Waals surface area contributed by atoms with E-state index in [0.29, 0.717) is 28.6 Å². The number of H-pyrrole nitrogens is 1. The molecule has 3 heterocycles. The number of aromatic nitrogens is 3. The summed E-state index contributed by atoms with van der Waals surface area (Å²) in [6.45, 7) is 0.268. The number of carbonyl (C=O) groups excluding carboxylic acids is 3. The van der Waals surface area contributed by atoms with Crippen LogP contribution in [-0.4, -0.2) is 44.3 Å². The monoisotopic (exact) mass is 471 g/mol. The van der Waals surface area contributed by atoms with Crippen LogP contribution in [0.5, 0.6) is 0 Å². The number of carbonyl (C=O) groups is 3. The first-order valence-electron chi connectivity index (χ1n) is 11.3. The first-order valence-corrected chi connectivity index (χ1v) is 12.1. The summed E-state index contributed by atoms with van der Waals surface area (Å²) in [5.74, 6) is -0.641. The molecule has 0 spiro atoms. The molecule has 0 radical (unpaired) electrons. The zero-order valence-electron chi connectivity index (χ0n) is 18.2. The van der Waals surface area contributed by atoms with Crippen molar-refractivity contribution in [1.82, 2.24) is 20.1 Å². The van der Waals surface area contributed by atoms with Crippen LogP contribution in [0.25, 0.3) is 10.9 Å². The minimum absolute atomic E-state index is 0.254. The Morgan fingerprint density at radius 3 is 2.74 bits per heavy atom. The second kappa shape index (κ2) is 8.18. The zero-order chi connectivity index (χ0) is 23.2. The van der Waals surface area contributed by atoms with Crippen molar-refractivity contribution in [2.45, 2.75) is 31.6 Å². The van der Waals surface area contributed by atoms with E-state index in [1.165, 1.54) is 28.7 Å². The number of aromatic amines is 1. The van der Waals surface area contributed by atoms with Gasteiger partial charge in [-0.3, -0.25) is 24.6 Å². The minimum atomic E-state index is -0.378. The van der Waals surface area contributed by atoms with Gasteiger partial charge in [-0.15, -0.1) is 10.2 Å². The second-order valence-corrected chi connectivity index (χ2v) is 9.67. The number of imide groups is 1. The van der Waals surface area contributed by atoms with Crippen LogP contribution in [-0.2, 0) is 6.42 Å². The van der Waals surface area contributed by atoms with E-state index in [9.17, 15) is 14.4 Å². The molecule has 0 unspecified atom stereocenters. The lowest BCUT2D eigenvalue weighted by Crippen LogP contribution is -2.31. The number of fused-ring (bicyclic) bond motifs is 2. The summed E-state index contributed by atoms with van der Waals surface area (Å²) in [5.41, 5.74) is 2.95. The highest BCUT2D eigenvalue weighted by Gasteiger charge is 2.36. The second-order valence-electron chi connectivity index (χ2n) is 8.66. The van der Waals surface area contributed by atoms with Gasteiger partial charge in [-0.05, 0) is 49.1 Å². The van der Waals surface area contributed by atoms with Crippen molar-refractivity contribution >= 4 is 45.1 Å². The van der Waals surface area contributed by atoms with E-state index in [4.69, 9.17) is 0 Å². The topological polar surface area (TPSA) is 108 Å². The van der Waals surface area contributed by atoms with E-state index in [2.05, 4.69) is 20.5 Å². The molecular formula is C25H21N5O3S. The van der Waals surface area contributed by atoms with Crippen LogP contribution in [0.3, 0.4) is 0 Å². The first kappa shape index (κ1) is 20.7. The molecular weight excluding hydrogens is 450 g/mol. The Morgan fingerprint density at radius 2 is 1.91 bits per heavy atom. The molecule has 2 N–H and O–H groups in total. The van der Waals surface area contributed by atoms with Gasteiger partial charge in [-0.1, -0.05) is 36.0 Å². The molecule has 9 heteroatoms. The van der Waals surface area contributed by atoms with Crippen molar-refractivity contribution in [3.63, 3.8) is 0 Å². The molecule has 6 rings (SSSR count). The van der Waals surface area contributed by atoms with Gasteiger partial charge in [-0.25, -0.2) is 0 Å². The fraction of sp³-hybridized carbons (Fsp3) is 0.240. The summed E-state index contributed by atoms with van der Waals surface area (Å²) in [4.78, 5) is 43.1. The molecule has 1 saturated carbocycles. The summed E-state index contributed by atoms with van der Waals surface area (Å²) < 4.78 is 0. The Balaban J connectivity index is 1.16. The number of amides is 3. The van der Waals surface area contributed by atoms with Gasteiger partial charge in [0.25, 0.3) is 17.7 Å². The van der Waals surface area contributed by atoms with E-state index in [1.54, 1.807) is 12.1 Å².